The van der Waals surface area contributed by atoms with E-state index < -0.39 is 0 Å². The normalized spacial score (nSPS) is 10.1. The quantitative estimate of drug-likeness (QED) is 0.369. The van der Waals surface area contributed by atoms with Crippen LogP contribution in [-0.4, -0.2) is 10.8 Å². The fourth-order valence-electron chi connectivity index (χ4n) is 1.21. The number of nitro groups is 1. The van der Waals surface area contributed by atoms with Gasteiger partial charge in [-0.3, -0.25) is 10.1 Å². The standard InChI is InChI=1S/C9H9ClINO2/c10-6-2-3-7-8(11)4-1-5-9(7)12(13)14/h1,4-5H,2-3,6H2. The SMILES string of the molecule is O=[N+]([O-])c1cccc(I)c1CCCCl. The molecule has 0 bridgehead atoms. The minimum absolute atomic E-state index is 0.196. The maximum absolute atomic E-state index is 10.7. The molecular weight excluding hydrogens is 316 g/mol. The smallest absolute Gasteiger partial charge is 0.258 e. The van der Waals surface area contributed by atoms with Gasteiger partial charge in [0.15, 0.2) is 0 Å². The molecule has 0 heterocycles. The van der Waals surface area contributed by atoms with Crippen LogP contribution in [0.15, 0.2) is 18.2 Å². The summed E-state index contributed by atoms with van der Waals surface area (Å²) in [6.07, 6.45) is 1.43. The van der Waals surface area contributed by atoms with E-state index in [0.717, 1.165) is 15.6 Å². The molecule has 3 nitrogen and oxygen atoms in total. The molecule has 5 heteroatoms. The number of hydrogen-bond acceptors (Lipinski definition) is 2. The van der Waals surface area contributed by atoms with Gasteiger partial charge in [0.2, 0.25) is 0 Å². The molecule has 0 unspecified atom stereocenters. The van der Waals surface area contributed by atoms with Crippen molar-refractivity contribution >= 4 is 39.9 Å². The molecule has 1 aromatic rings. The number of nitrogens with zero attached hydrogens (tertiary/aromatic N) is 1. The largest absolute Gasteiger partial charge is 0.273 e. The summed E-state index contributed by atoms with van der Waals surface area (Å²) in [5, 5.41) is 10.7. The molecule has 1 rings (SSSR count). The van der Waals surface area contributed by atoms with Gasteiger partial charge in [-0.25, -0.2) is 0 Å². The Hall–Kier alpha value is -0.360. The van der Waals surface area contributed by atoms with Gasteiger partial charge in [-0.05, 0) is 41.5 Å². The summed E-state index contributed by atoms with van der Waals surface area (Å²) in [5.41, 5.74) is 0.987. The third kappa shape index (κ3) is 2.81. The Morgan fingerprint density at radius 1 is 1.50 bits per heavy atom. The summed E-state index contributed by atoms with van der Waals surface area (Å²) in [6.45, 7) is 0. The van der Waals surface area contributed by atoms with Crippen LogP contribution >= 0.6 is 34.2 Å². The molecule has 0 amide bonds. The first kappa shape index (κ1) is 11.7. The molecular formula is C9H9ClINO2. The Morgan fingerprint density at radius 2 is 2.21 bits per heavy atom. The maximum atomic E-state index is 10.7. The summed E-state index contributed by atoms with van der Waals surface area (Å²) in [6, 6.07) is 5.10. The van der Waals surface area contributed by atoms with Gasteiger partial charge in [0.05, 0.1) is 4.92 Å². The van der Waals surface area contributed by atoms with E-state index in [0.29, 0.717) is 12.3 Å². The van der Waals surface area contributed by atoms with Crippen LogP contribution in [-0.2, 0) is 6.42 Å². The van der Waals surface area contributed by atoms with Gasteiger partial charge in [-0.2, -0.15) is 0 Å². The lowest BCUT2D eigenvalue weighted by Gasteiger charge is -2.03. The van der Waals surface area contributed by atoms with Crippen molar-refractivity contribution in [2.24, 2.45) is 0 Å². The van der Waals surface area contributed by atoms with E-state index in [1.54, 1.807) is 6.07 Å². The molecule has 1 aromatic carbocycles. The minimum atomic E-state index is -0.342. The Bertz CT molecular complexity index is 344. The first-order valence-corrected chi connectivity index (χ1v) is 5.76. The summed E-state index contributed by atoms with van der Waals surface area (Å²) >= 11 is 7.67. The Morgan fingerprint density at radius 3 is 2.79 bits per heavy atom. The average Bonchev–Trinajstić information content (AvgIpc) is 2.15. The van der Waals surface area contributed by atoms with E-state index in [2.05, 4.69) is 22.6 Å². The van der Waals surface area contributed by atoms with Gasteiger partial charge in [0.1, 0.15) is 0 Å². The van der Waals surface area contributed by atoms with Gasteiger partial charge in [-0.1, -0.05) is 6.07 Å². The van der Waals surface area contributed by atoms with Crippen LogP contribution in [0.4, 0.5) is 5.69 Å². The summed E-state index contributed by atoms with van der Waals surface area (Å²) in [7, 11) is 0. The number of alkyl halides is 1. The second-order valence-electron chi connectivity index (χ2n) is 2.79. The maximum Gasteiger partial charge on any atom is 0.273 e. The highest BCUT2D eigenvalue weighted by Crippen LogP contribution is 2.25. The Labute approximate surface area is 101 Å². The van der Waals surface area contributed by atoms with Crippen LogP contribution in [0.3, 0.4) is 0 Å². The van der Waals surface area contributed by atoms with Gasteiger partial charge in [-0.15, -0.1) is 11.6 Å². The predicted octanol–water partition coefficient (Wildman–Crippen LogP) is 3.37. The monoisotopic (exact) mass is 325 g/mol. The highest BCUT2D eigenvalue weighted by atomic mass is 127. The summed E-state index contributed by atoms with van der Waals surface area (Å²) in [5.74, 6) is 0.530. The molecule has 0 fully saturated rings. The van der Waals surface area contributed by atoms with Crippen LogP contribution in [0, 0.1) is 13.7 Å². The van der Waals surface area contributed by atoms with Crippen molar-refractivity contribution < 1.29 is 4.92 Å². The zero-order valence-corrected chi connectivity index (χ0v) is 10.3. The van der Waals surface area contributed by atoms with Crippen LogP contribution in [0.2, 0.25) is 0 Å². The Kier molecular flexibility index (Phi) is 4.60. The molecule has 14 heavy (non-hydrogen) atoms. The van der Waals surface area contributed by atoms with Crippen molar-refractivity contribution in [3.8, 4) is 0 Å². The van der Waals surface area contributed by atoms with Gasteiger partial charge >= 0.3 is 0 Å². The first-order chi connectivity index (χ1) is 6.66. The number of halogens is 2. The molecule has 76 valence electrons. The predicted molar refractivity (Wildman–Crippen MR) is 64.9 cm³/mol. The molecule has 0 aliphatic heterocycles. The summed E-state index contributed by atoms with van der Waals surface area (Å²) in [4.78, 5) is 10.4. The molecule has 0 aromatic heterocycles. The van der Waals surface area contributed by atoms with Crippen LogP contribution in [0.1, 0.15) is 12.0 Å². The van der Waals surface area contributed by atoms with E-state index in [9.17, 15) is 10.1 Å². The number of rotatable bonds is 4. The number of benzene rings is 1. The van der Waals surface area contributed by atoms with Gasteiger partial charge < -0.3 is 0 Å². The van der Waals surface area contributed by atoms with Crippen molar-refractivity contribution in [1.82, 2.24) is 0 Å². The van der Waals surface area contributed by atoms with Crippen molar-refractivity contribution in [3.63, 3.8) is 0 Å². The third-order valence-electron chi connectivity index (χ3n) is 1.85. The fraction of sp³-hybridized carbons (Fsp3) is 0.333. The second kappa shape index (κ2) is 5.50. The van der Waals surface area contributed by atoms with Crippen LogP contribution < -0.4 is 0 Å². The van der Waals surface area contributed by atoms with E-state index in [1.807, 2.05) is 6.07 Å². The zero-order valence-electron chi connectivity index (χ0n) is 7.37. The molecule has 0 saturated carbocycles. The number of hydrogen-bond donors (Lipinski definition) is 0. The molecule has 0 aliphatic rings. The lowest BCUT2D eigenvalue weighted by molar-refractivity contribution is -0.385. The molecule has 0 aliphatic carbocycles. The van der Waals surface area contributed by atoms with E-state index in [1.165, 1.54) is 6.07 Å². The number of nitro benzene ring substituents is 1. The van der Waals surface area contributed by atoms with Crippen molar-refractivity contribution in [1.29, 1.82) is 0 Å². The van der Waals surface area contributed by atoms with E-state index >= 15 is 0 Å². The highest BCUT2D eigenvalue weighted by Gasteiger charge is 2.14. The fourth-order valence-corrected chi connectivity index (χ4v) is 2.10. The van der Waals surface area contributed by atoms with E-state index in [-0.39, 0.29) is 10.6 Å². The third-order valence-corrected chi connectivity index (χ3v) is 3.13. The van der Waals surface area contributed by atoms with E-state index in [4.69, 9.17) is 11.6 Å². The molecule has 0 spiro atoms. The van der Waals surface area contributed by atoms with Crippen LogP contribution in [0.25, 0.3) is 0 Å². The zero-order chi connectivity index (χ0) is 10.6. The Balaban J connectivity index is 3.02. The lowest BCUT2D eigenvalue weighted by Crippen LogP contribution is -1.98. The molecule has 0 atom stereocenters. The minimum Gasteiger partial charge on any atom is -0.258 e. The van der Waals surface area contributed by atoms with Gasteiger partial charge in [0, 0.05) is 21.1 Å². The summed E-state index contributed by atoms with van der Waals surface area (Å²) < 4.78 is 0.932. The van der Waals surface area contributed by atoms with Crippen molar-refractivity contribution in [2.45, 2.75) is 12.8 Å². The first-order valence-electron chi connectivity index (χ1n) is 4.14. The van der Waals surface area contributed by atoms with Crippen molar-refractivity contribution in [3.05, 3.63) is 37.4 Å². The van der Waals surface area contributed by atoms with Crippen molar-refractivity contribution in [2.75, 3.05) is 5.88 Å². The topological polar surface area (TPSA) is 43.1 Å². The molecule has 0 N–H and O–H groups in total. The highest BCUT2D eigenvalue weighted by molar-refractivity contribution is 14.1. The molecule has 0 radical (unpaired) electrons. The molecule has 0 saturated heterocycles. The second-order valence-corrected chi connectivity index (χ2v) is 4.33. The average molecular weight is 326 g/mol. The lowest BCUT2D eigenvalue weighted by atomic mass is 10.1. The van der Waals surface area contributed by atoms with Gasteiger partial charge in [0.25, 0.3) is 5.69 Å². The van der Waals surface area contributed by atoms with Crippen LogP contribution in [0.5, 0.6) is 0 Å².